The number of rotatable bonds is 7. The standard InChI is InChI=1S/C16H28N2OS/c1-4-10-17-11-14-12-20-15(18-14)16(19-5-2)8-6-13(3)7-9-16/h12-13,17H,4-11H2,1-3H3. The third kappa shape index (κ3) is 3.80. The monoisotopic (exact) mass is 296 g/mol. The van der Waals surface area contributed by atoms with Crippen LogP contribution in [0.3, 0.4) is 0 Å². The van der Waals surface area contributed by atoms with E-state index in [4.69, 9.17) is 9.72 Å². The van der Waals surface area contributed by atoms with Crippen molar-refractivity contribution >= 4 is 11.3 Å². The predicted molar refractivity (Wildman–Crippen MR) is 85.0 cm³/mol. The molecule has 0 aromatic carbocycles. The molecular weight excluding hydrogens is 268 g/mol. The minimum atomic E-state index is -0.102. The summed E-state index contributed by atoms with van der Waals surface area (Å²) in [6.45, 7) is 9.34. The summed E-state index contributed by atoms with van der Waals surface area (Å²) in [5.74, 6) is 0.828. The molecule has 114 valence electrons. The zero-order valence-electron chi connectivity index (χ0n) is 13.1. The summed E-state index contributed by atoms with van der Waals surface area (Å²) in [4.78, 5) is 4.85. The van der Waals surface area contributed by atoms with Gasteiger partial charge < -0.3 is 10.1 Å². The molecular formula is C16H28N2OS. The van der Waals surface area contributed by atoms with Gasteiger partial charge >= 0.3 is 0 Å². The van der Waals surface area contributed by atoms with Crippen LogP contribution in [0.2, 0.25) is 0 Å². The van der Waals surface area contributed by atoms with Gasteiger partial charge in [-0.2, -0.15) is 0 Å². The molecule has 1 saturated carbocycles. The van der Waals surface area contributed by atoms with Crippen LogP contribution in [0.1, 0.15) is 63.6 Å². The van der Waals surface area contributed by atoms with Gasteiger partial charge in [0.2, 0.25) is 0 Å². The highest BCUT2D eigenvalue weighted by Gasteiger charge is 2.39. The van der Waals surface area contributed by atoms with Gasteiger partial charge in [0.1, 0.15) is 10.6 Å². The molecule has 1 aliphatic rings. The van der Waals surface area contributed by atoms with Crippen molar-refractivity contribution in [2.45, 2.75) is 65.0 Å². The van der Waals surface area contributed by atoms with Gasteiger partial charge in [0.15, 0.2) is 0 Å². The van der Waals surface area contributed by atoms with E-state index in [2.05, 4.69) is 31.5 Å². The average Bonchev–Trinajstić information content (AvgIpc) is 2.92. The fourth-order valence-electron chi connectivity index (χ4n) is 2.92. The molecule has 0 atom stereocenters. The summed E-state index contributed by atoms with van der Waals surface area (Å²) >= 11 is 1.78. The lowest BCUT2D eigenvalue weighted by atomic mass is 9.79. The van der Waals surface area contributed by atoms with E-state index in [9.17, 15) is 0 Å². The molecule has 0 bridgehead atoms. The van der Waals surface area contributed by atoms with Crippen LogP contribution < -0.4 is 5.32 Å². The Hall–Kier alpha value is -0.450. The summed E-state index contributed by atoms with van der Waals surface area (Å²) in [5.41, 5.74) is 1.06. The Morgan fingerprint density at radius 3 is 2.80 bits per heavy atom. The quantitative estimate of drug-likeness (QED) is 0.770. The molecule has 0 amide bonds. The summed E-state index contributed by atoms with van der Waals surface area (Å²) in [6, 6.07) is 0. The fourth-order valence-corrected chi connectivity index (χ4v) is 3.95. The molecule has 1 heterocycles. The van der Waals surface area contributed by atoms with Gasteiger partial charge in [-0.05, 0) is 51.5 Å². The molecule has 2 rings (SSSR count). The molecule has 1 N–H and O–H groups in total. The van der Waals surface area contributed by atoms with E-state index in [0.717, 1.165) is 50.6 Å². The Morgan fingerprint density at radius 1 is 1.40 bits per heavy atom. The maximum absolute atomic E-state index is 6.17. The number of ether oxygens (including phenoxy) is 1. The van der Waals surface area contributed by atoms with Crippen molar-refractivity contribution in [3.8, 4) is 0 Å². The van der Waals surface area contributed by atoms with Gasteiger partial charge in [0, 0.05) is 18.5 Å². The van der Waals surface area contributed by atoms with Gasteiger partial charge in [0.05, 0.1) is 5.69 Å². The second-order valence-corrected chi connectivity index (χ2v) is 6.79. The number of aromatic nitrogens is 1. The minimum absolute atomic E-state index is 0.102. The fraction of sp³-hybridized carbons (Fsp3) is 0.812. The van der Waals surface area contributed by atoms with Crippen LogP contribution >= 0.6 is 11.3 Å². The van der Waals surface area contributed by atoms with Crippen molar-refractivity contribution in [2.24, 2.45) is 5.92 Å². The van der Waals surface area contributed by atoms with Crippen LogP contribution in [0, 0.1) is 5.92 Å². The van der Waals surface area contributed by atoms with E-state index >= 15 is 0 Å². The number of nitrogens with zero attached hydrogens (tertiary/aromatic N) is 1. The van der Waals surface area contributed by atoms with E-state index in [1.807, 2.05) is 0 Å². The second-order valence-electron chi connectivity index (χ2n) is 5.93. The molecule has 1 fully saturated rings. The lowest BCUT2D eigenvalue weighted by Gasteiger charge is -2.37. The summed E-state index contributed by atoms with van der Waals surface area (Å²) in [7, 11) is 0. The third-order valence-electron chi connectivity index (χ3n) is 4.18. The van der Waals surface area contributed by atoms with Crippen LogP contribution in [0.4, 0.5) is 0 Å². The van der Waals surface area contributed by atoms with E-state index in [1.165, 1.54) is 17.8 Å². The Morgan fingerprint density at radius 2 is 2.15 bits per heavy atom. The van der Waals surface area contributed by atoms with Gasteiger partial charge in [-0.25, -0.2) is 4.98 Å². The third-order valence-corrected chi connectivity index (χ3v) is 5.25. The smallest absolute Gasteiger partial charge is 0.125 e. The molecule has 4 heteroatoms. The SMILES string of the molecule is CCCNCc1csc(C2(OCC)CCC(C)CC2)n1. The number of thiazole rings is 1. The Kier molecular flexibility index (Phi) is 6.00. The molecule has 0 aliphatic heterocycles. The molecule has 1 aromatic rings. The first-order chi connectivity index (χ1) is 9.70. The van der Waals surface area contributed by atoms with Crippen LogP contribution in [-0.4, -0.2) is 18.1 Å². The molecule has 3 nitrogen and oxygen atoms in total. The zero-order chi connectivity index (χ0) is 14.4. The lowest BCUT2D eigenvalue weighted by Crippen LogP contribution is -2.34. The van der Waals surface area contributed by atoms with E-state index < -0.39 is 0 Å². The summed E-state index contributed by atoms with van der Waals surface area (Å²) in [5, 5.41) is 6.81. The largest absolute Gasteiger partial charge is 0.368 e. The van der Waals surface area contributed by atoms with E-state index in [0.29, 0.717) is 0 Å². The normalized spacial score (nSPS) is 26.9. The highest BCUT2D eigenvalue weighted by molar-refractivity contribution is 7.09. The summed E-state index contributed by atoms with van der Waals surface area (Å²) in [6.07, 6.45) is 5.92. The molecule has 0 spiro atoms. The maximum Gasteiger partial charge on any atom is 0.125 e. The van der Waals surface area contributed by atoms with Gasteiger partial charge in [-0.1, -0.05) is 13.8 Å². The minimum Gasteiger partial charge on any atom is -0.368 e. The number of hydrogen-bond donors (Lipinski definition) is 1. The lowest BCUT2D eigenvalue weighted by molar-refractivity contribution is -0.0777. The van der Waals surface area contributed by atoms with Crippen molar-refractivity contribution in [3.63, 3.8) is 0 Å². The van der Waals surface area contributed by atoms with Crippen LogP contribution in [0.5, 0.6) is 0 Å². The van der Waals surface area contributed by atoms with Crippen LogP contribution in [0.15, 0.2) is 5.38 Å². The zero-order valence-corrected chi connectivity index (χ0v) is 13.9. The maximum atomic E-state index is 6.17. The van der Waals surface area contributed by atoms with Crippen molar-refractivity contribution < 1.29 is 4.74 Å². The Balaban J connectivity index is 2.05. The Labute approximate surface area is 127 Å². The average molecular weight is 296 g/mol. The van der Waals surface area contributed by atoms with Crippen molar-refractivity contribution in [1.82, 2.24) is 10.3 Å². The Bertz CT molecular complexity index is 397. The predicted octanol–water partition coefficient (Wildman–Crippen LogP) is 4.08. The molecule has 20 heavy (non-hydrogen) atoms. The van der Waals surface area contributed by atoms with Crippen LogP contribution in [-0.2, 0) is 16.9 Å². The van der Waals surface area contributed by atoms with Gasteiger partial charge in [-0.3, -0.25) is 0 Å². The number of nitrogens with one attached hydrogen (secondary N) is 1. The highest BCUT2D eigenvalue weighted by Crippen LogP contribution is 2.43. The van der Waals surface area contributed by atoms with Crippen molar-refractivity contribution in [3.05, 3.63) is 16.1 Å². The van der Waals surface area contributed by atoms with Crippen molar-refractivity contribution in [1.29, 1.82) is 0 Å². The van der Waals surface area contributed by atoms with E-state index in [-0.39, 0.29) is 5.60 Å². The molecule has 1 aliphatic carbocycles. The van der Waals surface area contributed by atoms with Gasteiger partial charge in [-0.15, -0.1) is 11.3 Å². The second kappa shape index (κ2) is 7.53. The molecule has 0 saturated heterocycles. The first-order valence-electron chi connectivity index (χ1n) is 7.99. The first kappa shape index (κ1) is 15.9. The topological polar surface area (TPSA) is 34.1 Å². The van der Waals surface area contributed by atoms with Crippen molar-refractivity contribution in [2.75, 3.05) is 13.2 Å². The summed E-state index contributed by atoms with van der Waals surface area (Å²) < 4.78 is 6.17. The molecule has 0 radical (unpaired) electrons. The molecule has 1 aromatic heterocycles. The van der Waals surface area contributed by atoms with Crippen LogP contribution in [0.25, 0.3) is 0 Å². The first-order valence-corrected chi connectivity index (χ1v) is 8.87. The van der Waals surface area contributed by atoms with E-state index in [1.54, 1.807) is 11.3 Å². The van der Waals surface area contributed by atoms with Gasteiger partial charge in [0.25, 0.3) is 0 Å². The highest BCUT2D eigenvalue weighted by atomic mass is 32.1. The molecule has 0 unspecified atom stereocenters. The number of hydrogen-bond acceptors (Lipinski definition) is 4.